The van der Waals surface area contributed by atoms with Gasteiger partial charge in [-0.1, -0.05) is 18.2 Å². The van der Waals surface area contributed by atoms with Crippen molar-refractivity contribution < 1.29 is 9.21 Å². The number of carbonyl (C=O) groups excluding carboxylic acids is 1. The number of piperidine rings is 1. The number of piperazine rings is 1. The Balaban J connectivity index is 1.37. The summed E-state index contributed by atoms with van der Waals surface area (Å²) in [5.74, 6) is 0.954. The lowest BCUT2D eigenvalue weighted by Gasteiger charge is -2.35. The molecule has 0 aliphatic carbocycles. The molecule has 2 saturated heterocycles. The van der Waals surface area contributed by atoms with Crippen LogP contribution >= 0.6 is 0 Å². The number of hydrogen-bond acceptors (Lipinski definition) is 5. The molecule has 0 saturated carbocycles. The van der Waals surface area contributed by atoms with Crippen LogP contribution < -0.4 is 10.2 Å². The lowest BCUT2D eigenvalue weighted by atomic mass is 10.00. The third-order valence-electron chi connectivity index (χ3n) is 5.08. The molecule has 2 fully saturated rings. The van der Waals surface area contributed by atoms with E-state index in [1.807, 2.05) is 23.1 Å². The van der Waals surface area contributed by atoms with E-state index in [9.17, 15) is 4.79 Å². The summed E-state index contributed by atoms with van der Waals surface area (Å²) < 4.78 is 5.60. The fraction of sp³-hybridized carbons (Fsp3) is 0.474. The molecule has 25 heavy (non-hydrogen) atoms. The number of carbonyl (C=O) groups is 1. The molecule has 1 atom stereocenters. The number of nitrogens with zero attached hydrogens (tertiary/aromatic N) is 3. The number of anilines is 1. The van der Waals surface area contributed by atoms with Crippen molar-refractivity contribution in [2.24, 2.45) is 0 Å². The largest absolute Gasteiger partial charge is 0.448 e. The van der Waals surface area contributed by atoms with Gasteiger partial charge in [0.05, 0.1) is 0 Å². The van der Waals surface area contributed by atoms with Crippen LogP contribution in [0.3, 0.4) is 0 Å². The van der Waals surface area contributed by atoms with Crippen molar-refractivity contribution in [3.63, 3.8) is 0 Å². The lowest BCUT2D eigenvalue weighted by Crippen LogP contribution is -2.48. The fourth-order valence-electron chi connectivity index (χ4n) is 3.60. The Hall–Kier alpha value is -2.34. The first-order valence-electron chi connectivity index (χ1n) is 9.06. The highest BCUT2D eigenvalue weighted by atomic mass is 16.3. The first kappa shape index (κ1) is 16.1. The molecule has 1 amide bonds. The highest BCUT2D eigenvalue weighted by molar-refractivity contribution is 5.92. The second kappa shape index (κ2) is 7.27. The van der Waals surface area contributed by atoms with Gasteiger partial charge in [0.1, 0.15) is 6.26 Å². The van der Waals surface area contributed by atoms with Gasteiger partial charge < -0.3 is 19.5 Å². The summed E-state index contributed by atoms with van der Waals surface area (Å²) in [4.78, 5) is 21.4. The maximum Gasteiger partial charge on any atom is 0.275 e. The molecule has 6 heteroatoms. The summed E-state index contributed by atoms with van der Waals surface area (Å²) in [5, 5.41) is 3.35. The molecule has 1 aromatic heterocycles. The number of amides is 1. The van der Waals surface area contributed by atoms with E-state index in [1.54, 1.807) is 0 Å². The highest BCUT2D eigenvalue weighted by Crippen LogP contribution is 2.23. The number of benzene rings is 1. The number of nitrogens with one attached hydrogen (secondary N) is 1. The number of aromatic nitrogens is 1. The number of rotatable bonds is 3. The molecule has 132 valence electrons. The molecule has 1 aromatic carbocycles. The third-order valence-corrected chi connectivity index (χ3v) is 5.08. The van der Waals surface area contributed by atoms with Crippen molar-refractivity contribution in [1.29, 1.82) is 0 Å². The van der Waals surface area contributed by atoms with Gasteiger partial charge in [-0.15, -0.1) is 0 Å². The molecule has 2 aliphatic heterocycles. The third kappa shape index (κ3) is 3.54. The normalized spacial score (nSPS) is 21.4. The zero-order valence-corrected chi connectivity index (χ0v) is 14.4. The average molecular weight is 340 g/mol. The average Bonchev–Trinajstić information content (AvgIpc) is 3.19. The standard InChI is InChI=1S/C19H24N4O2/c24-19(17-14-25-18(21-17)15-5-4-8-20-13-15)23-11-9-22(10-12-23)16-6-2-1-3-7-16/h1-3,6-7,14-15,20H,4-5,8-13H2. The predicted molar refractivity (Wildman–Crippen MR) is 95.9 cm³/mol. The first-order valence-corrected chi connectivity index (χ1v) is 9.06. The highest BCUT2D eigenvalue weighted by Gasteiger charge is 2.26. The van der Waals surface area contributed by atoms with Crippen LogP contribution in [0.15, 0.2) is 41.0 Å². The molecule has 1 unspecified atom stereocenters. The summed E-state index contributed by atoms with van der Waals surface area (Å²) in [7, 11) is 0. The van der Waals surface area contributed by atoms with E-state index in [2.05, 4.69) is 27.3 Å². The van der Waals surface area contributed by atoms with E-state index in [4.69, 9.17) is 4.42 Å². The minimum atomic E-state index is -0.0218. The van der Waals surface area contributed by atoms with Gasteiger partial charge in [0, 0.05) is 44.3 Å². The molecule has 4 rings (SSSR count). The van der Waals surface area contributed by atoms with Gasteiger partial charge in [0.15, 0.2) is 11.6 Å². The second-order valence-corrected chi connectivity index (χ2v) is 6.73. The van der Waals surface area contributed by atoms with Crippen LogP contribution in [0, 0.1) is 0 Å². The van der Waals surface area contributed by atoms with Crippen molar-refractivity contribution in [3.8, 4) is 0 Å². The quantitative estimate of drug-likeness (QED) is 0.927. The van der Waals surface area contributed by atoms with Crippen LogP contribution in [-0.4, -0.2) is 55.1 Å². The maximum absolute atomic E-state index is 12.7. The Labute approximate surface area is 147 Å². The van der Waals surface area contributed by atoms with Crippen molar-refractivity contribution in [2.75, 3.05) is 44.2 Å². The molecule has 2 aliphatic rings. The molecule has 0 spiro atoms. The Morgan fingerprint density at radius 2 is 1.96 bits per heavy atom. The molecule has 0 radical (unpaired) electrons. The second-order valence-electron chi connectivity index (χ2n) is 6.73. The van der Waals surface area contributed by atoms with E-state index >= 15 is 0 Å². The van der Waals surface area contributed by atoms with Crippen LogP contribution in [-0.2, 0) is 0 Å². The van der Waals surface area contributed by atoms with Crippen molar-refractivity contribution in [1.82, 2.24) is 15.2 Å². The Morgan fingerprint density at radius 3 is 2.68 bits per heavy atom. The summed E-state index contributed by atoms with van der Waals surface area (Å²) in [5.41, 5.74) is 1.65. The summed E-state index contributed by atoms with van der Waals surface area (Å²) >= 11 is 0. The van der Waals surface area contributed by atoms with E-state index in [0.29, 0.717) is 24.7 Å². The Kier molecular flexibility index (Phi) is 4.70. The topological polar surface area (TPSA) is 61.6 Å². The lowest BCUT2D eigenvalue weighted by molar-refractivity contribution is 0.0740. The summed E-state index contributed by atoms with van der Waals surface area (Å²) in [6.45, 7) is 5.03. The van der Waals surface area contributed by atoms with Crippen LogP contribution in [0.4, 0.5) is 5.69 Å². The number of para-hydroxylation sites is 1. The van der Waals surface area contributed by atoms with Gasteiger partial charge in [-0.05, 0) is 31.5 Å². The van der Waals surface area contributed by atoms with E-state index in [0.717, 1.165) is 39.0 Å². The van der Waals surface area contributed by atoms with E-state index in [-0.39, 0.29) is 11.8 Å². The minimum absolute atomic E-state index is 0.0218. The summed E-state index contributed by atoms with van der Waals surface area (Å²) in [6.07, 6.45) is 3.71. The predicted octanol–water partition coefficient (Wildman–Crippen LogP) is 2.10. The van der Waals surface area contributed by atoms with Gasteiger partial charge in [0.2, 0.25) is 0 Å². The van der Waals surface area contributed by atoms with Gasteiger partial charge in [-0.25, -0.2) is 4.98 Å². The van der Waals surface area contributed by atoms with Crippen LogP contribution in [0.2, 0.25) is 0 Å². The van der Waals surface area contributed by atoms with Gasteiger partial charge in [-0.3, -0.25) is 4.79 Å². The SMILES string of the molecule is O=C(c1coc(C2CCCNC2)n1)N1CCN(c2ccccc2)CC1. The van der Waals surface area contributed by atoms with E-state index in [1.165, 1.54) is 12.0 Å². The summed E-state index contributed by atoms with van der Waals surface area (Å²) in [6, 6.07) is 10.3. The molecule has 6 nitrogen and oxygen atoms in total. The van der Waals surface area contributed by atoms with Gasteiger partial charge >= 0.3 is 0 Å². The monoisotopic (exact) mass is 340 g/mol. The Morgan fingerprint density at radius 1 is 1.16 bits per heavy atom. The maximum atomic E-state index is 12.7. The first-order chi connectivity index (χ1) is 12.3. The fourth-order valence-corrected chi connectivity index (χ4v) is 3.60. The van der Waals surface area contributed by atoms with Crippen LogP contribution in [0.5, 0.6) is 0 Å². The van der Waals surface area contributed by atoms with E-state index < -0.39 is 0 Å². The van der Waals surface area contributed by atoms with Gasteiger partial charge in [-0.2, -0.15) is 0 Å². The minimum Gasteiger partial charge on any atom is -0.448 e. The zero-order chi connectivity index (χ0) is 17.1. The number of oxazole rings is 1. The van der Waals surface area contributed by atoms with Crippen molar-refractivity contribution >= 4 is 11.6 Å². The molecule has 3 heterocycles. The van der Waals surface area contributed by atoms with Crippen LogP contribution in [0.25, 0.3) is 0 Å². The molecular formula is C19H24N4O2. The zero-order valence-electron chi connectivity index (χ0n) is 14.4. The van der Waals surface area contributed by atoms with Crippen LogP contribution in [0.1, 0.15) is 35.1 Å². The van der Waals surface area contributed by atoms with Gasteiger partial charge in [0.25, 0.3) is 5.91 Å². The Bertz CT molecular complexity index is 701. The smallest absolute Gasteiger partial charge is 0.275 e. The van der Waals surface area contributed by atoms with Crippen molar-refractivity contribution in [2.45, 2.75) is 18.8 Å². The molecule has 0 bridgehead atoms. The molecular weight excluding hydrogens is 316 g/mol. The number of hydrogen-bond donors (Lipinski definition) is 1. The molecule has 1 N–H and O–H groups in total. The molecule has 2 aromatic rings. The van der Waals surface area contributed by atoms with Crippen molar-refractivity contribution in [3.05, 3.63) is 48.2 Å².